The summed E-state index contributed by atoms with van der Waals surface area (Å²) in [6.45, 7) is 7.37. The third kappa shape index (κ3) is 4.08. The van der Waals surface area contributed by atoms with Crippen molar-refractivity contribution in [1.29, 1.82) is 0 Å². The van der Waals surface area contributed by atoms with Crippen molar-refractivity contribution in [3.05, 3.63) is 5.89 Å². The van der Waals surface area contributed by atoms with Gasteiger partial charge in [0, 0.05) is 25.9 Å². The molecule has 0 fully saturated rings. The minimum Gasteiger partial charge on any atom is -0.408 e. The van der Waals surface area contributed by atoms with E-state index in [0.717, 1.165) is 6.54 Å². The van der Waals surface area contributed by atoms with Gasteiger partial charge < -0.3 is 9.32 Å². The highest BCUT2D eigenvalue weighted by Crippen LogP contribution is 2.19. The highest BCUT2D eigenvalue weighted by atomic mass is 35.5. The first-order valence-electron chi connectivity index (χ1n) is 5.02. The van der Waals surface area contributed by atoms with Crippen molar-refractivity contribution in [3.8, 4) is 0 Å². The predicted octanol–water partition coefficient (Wildman–Crippen LogP) is 2.33. The molecule has 1 aromatic heterocycles. The molecule has 0 saturated carbocycles. The molecule has 0 bridgehead atoms. The Morgan fingerprint density at radius 2 is 2.00 bits per heavy atom. The van der Waals surface area contributed by atoms with Crippen LogP contribution in [0.4, 0.5) is 6.01 Å². The van der Waals surface area contributed by atoms with Crippen molar-refractivity contribution in [1.82, 2.24) is 10.2 Å². The molecular weight excluding hydrogens is 214 g/mol. The maximum absolute atomic E-state index is 5.59. The molecule has 0 aliphatic heterocycles. The van der Waals surface area contributed by atoms with Crippen LogP contribution in [-0.2, 0) is 6.42 Å². The minimum atomic E-state index is 0.204. The average molecular weight is 232 g/mol. The van der Waals surface area contributed by atoms with E-state index in [4.69, 9.17) is 16.0 Å². The molecule has 0 aromatic carbocycles. The van der Waals surface area contributed by atoms with Crippen molar-refractivity contribution in [2.75, 3.05) is 24.4 Å². The van der Waals surface area contributed by atoms with Crippen LogP contribution in [0.2, 0.25) is 0 Å². The molecule has 0 amide bonds. The summed E-state index contributed by atoms with van der Waals surface area (Å²) in [5.74, 6) is 1.10. The van der Waals surface area contributed by atoms with Crippen molar-refractivity contribution < 1.29 is 4.42 Å². The second-order valence-corrected chi connectivity index (χ2v) is 5.21. The van der Waals surface area contributed by atoms with Crippen LogP contribution in [0.1, 0.15) is 26.7 Å². The molecule has 0 radical (unpaired) electrons. The second kappa shape index (κ2) is 4.84. The number of aryl methyl sites for hydroxylation is 1. The molecule has 86 valence electrons. The Labute approximate surface area is 95.6 Å². The Bertz CT molecular complexity index is 306. The minimum absolute atomic E-state index is 0.204. The summed E-state index contributed by atoms with van der Waals surface area (Å²) >= 11 is 5.59. The molecule has 0 N–H and O–H groups in total. The lowest BCUT2D eigenvalue weighted by Crippen LogP contribution is -2.29. The summed E-state index contributed by atoms with van der Waals surface area (Å²) in [6, 6.07) is 0.560. The molecular formula is C10H18ClN3O. The quantitative estimate of drug-likeness (QED) is 0.746. The highest BCUT2D eigenvalue weighted by molar-refractivity contribution is 6.17. The summed E-state index contributed by atoms with van der Waals surface area (Å²) in [6.07, 6.45) is 0.623. The van der Waals surface area contributed by atoms with Gasteiger partial charge in [0.1, 0.15) is 0 Å². The molecule has 1 heterocycles. The van der Waals surface area contributed by atoms with Gasteiger partial charge >= 0.3 is 6.01 Å². The molecule has 0 atom stereocenters. The number of hydrogen-bond acceptors (Lipinski definition) is 4. The summed E-state index contributed by atoms with van der Waals surface area (Å²) in [7, 11) is 1.95. The van der Waals surface area contributed by atoms with Crippen molar-refractivity contribution in [2.24, 2.45) is 5.41 Å². The Morgan fingerprint density at radius 3 is 2.53 bits per heavy atom. The Balaban J connectivity index is 2.61. The molecule has 1 rings (SSSR count). The van der Waals surface area contributed by atoms with E-state index in [0.29, 0.717) is 24.2 Å². The molecule has 4 nitrogen and oxygen atoms in total. The third-order valence-corrected chi connectivity index (χ3v) is 1.99. The number of alkyl halides is 1. The zero-order valence-electron chi connectivity index (χ0n) is 9.75. The van der Waals surface area contributed by atoms with Gasteiger partial charge in [-0.1, -0.05) is 25.9 Å². The number of halogens is 1. The van der Waals surface area contributed by atoms with E-state index in [-0.39, 0.29) is 5.41 Å². The van der Waals surface area contributed by atoms with Crippen LogP contribution in [0.5, 0.6) is 0 Å². The Morgan fingerprint density at radius 1 is 1.33 bits per heavy atom. The molecule has 1 aromatic rings. The fraction of sp³-hybridized carbons (Fsp3) is 0.800. The third-order valence-electron chi connectivity index (χ3n) is 1.80. The molecule has 15 heavy (non-hydrogen) atoms. The van der Waals surface area contributed by atoms with Gasteiger partial charge in [0.2, 0.25) is 5.89 Å². The molecule has 5 heteroatoms. The summed E-state index contributed by atoms with van der Waals surface area (Å²) in [5, 5.41) is 7.88. The number of hydrogen-bond donors (Lipinski definition) is 0. The topological polar surface area (TPSA) is 42.2 Å². The van der Waals surface area contributed by atoms with E-state index in [1.54, 1.807) is 0 Å². The fourth-order valence-corrected chi connectivity index (χ4v) is 1.52. The van der Waals surface area contributed by atoms with E-state index in [9.17, 15) is 0 Å². The normalized spacial score (nSPS) is 11.8. The molecule has 0 spiro atoms. The van der Waals surface area contributed by atoms with Gasteiger partial charge in [-0.25, -0.2) is 0 Å². The lowest BCUT2D eigenvalue weighted by molar-refractivity contribution is 0.399. The Hall–Kier alpha value is -0.770. The van der Waals surface area contributed by atoms with E-state index >= 15 is 0 Å². The number of nitrogens with zero attached hydrogens (tertiary/aromatic N) is 3. The average Bonchev–Trinajstić information content (AvgIpc) is 2.50. The zero-order chi connectivity index (χ0) is 11.5. The van der Waals surface area contributed by atoms with Gasteiger partial charge in [-0.15, -0.1) is 16.7 Å². The Kier molecular flexibility index (Phi) is 3.97. The van der Waals surface area contributed by atoms with Gasteiger partial charge in [-0.3, -0.25) is 0 Å². The van der Waals surface area contributed by atoms with Gasteiger partial charge in [-0.2, -0.15) is 0 Å². The fourth-order valence-electron chi connectivity index (χ4n) is 1.36. The summed E-state index contributed by atoms with van der Waals surface area (Å²) in [5.41, 5.74) is 0.204. The monoisotopic (exact) mass is 231 g/mol. The summed E-state index contributed by atoms with van der Waals surface area (Å²) < 4.78 is 5.45. The van der Waals surface area contributed by atoms with Crippen LogP contribution in [0, 0.1) is 5.41 Å². The van der Waals surface area contributed by atoms with E-state index in [1.807, 2.05) is 11.9 Å². The second-order valence-electron chi connectivity index (χ2n) is 4.83. The van der Waals surface area contributed by atoms with Crippen LogP contribution in [0.25, 0.3) is 0 Å². The smallest absolute Gasteiger partial charge is 0.317 e. The first-order valence-corrected chi connectivity index (χ1v) is 5.55. The maximum Gasteiger partial charge on any atom is 0.317 e. The molecule has 0 saturated heterocycles. The number of aromatic nitrogens is 2. The summed E-state index contributed by atoms with van der Waals surface area (Å²) in [4.78, 5) is 1.96. The van der Waals surface area contributed by atoms with Crippen molar-refractivity contribution in [2.45, 2.75) is 27.2 Å². The molecule has 0 aliphatic carbocycles. The SMILES string of the molecule is CN(CC(C)(C)C)c1nnc(CCCl)o1. The lowest BCUT2D eigenvalue weighted by Gasteiger charge is -2.24. The number of rotatable bonds is 4. The standard InChI is InChI=1S/C10H18ClN3O/c1-10(2,3)7-14(4)9-13-12-8(15-9)5-6-11/h5-7H2,1-4H3. The lowest BCUT2D eigenvalue weighted by atomic mass is 9.96. The first-order chi connectivity index (χ1) is 6.92. The van der Waals surface area contributed by atoms with Crippen LogP contribution in [0.3, 0.4) is 0 Å². The van der Waals surface area contributed by atoms with Crippen LogP contribution in [0.15, 0.2) is 4.42 Å². The largest absolute Gasteiger partial charge is 0.408 e. The molecule has 0 aliphatic rings. The van der Waals surface area contributed by atoms with Crippen LogP contribution < -0.4 is 4.90 Å². The van der Waals surface area contributed by atoms with Crippen LogP contribution in [-0.4, -0.2) is 29.7 Å². The predicted molar refractivity (Wildman–Crippen MR) is 61.4 cm³/mol. The van der Waals surface area contributed by atoms with Crippen molar-refractivity contribution >= 4 is 17.6 Å². The maximum atomic E-state index is 5.59. The highest BCUT2D eigenvalue weighted by Gasteiger charge is 2.17. The van der Waals surface area contributed by atoms with Crippen molar-refractivity contribution in [3.63, 3.8) is 0 Å². The zero-order valence-corrected chi connectivity index (χ0v) is 10.5. The van der Waals surface area contributed by atoms with E-state index in [2.05, 4.69) is 31.0 Å². The van der Waals surface area contributed by atoms with Gasteiger partial charge in [-0.05, 0) is 5.41 Å². The van der Waals surface area contributed by atoms with Gasteiger partial charge in [0.05, 0.1) is 0 Å². The number of anilines is 1. The van der Waals surface area contributed by atoms with Gasteiger partial charge in [0.25, 0.3) is 0 Å². The van der Waals surface area contributed by atoms with E-state index < -0.39 is 0 Å². The van der Waals surface area contributed by atoms with Gasteiger partial charge in [0.15, 0.2) is 0 Å². The first kappa shape index (κ1) is 12.3. The molecule has 0 unspecified atom stereocenters. The van der Waals surface area contributed by atoms with E-state index in [1.165, 1.54) is 0 Å². The van der Waals surface area contributed by atoms with Crippen LogP contribution >= 0.6 is 11.6 Å².